The second-order valence-electron chi connectivity index (χ2n) is 13.6. The number of furan rings is 1. The number of pyridine rings is 3. The second kappa shape index (κ2) is 16.4. The molecule has 5 heteroatoms. The van der Waals surface area contributed by atoms with E-state index in [-0.39, 0.29) is 20.1 Å². The average Bonchev–Trinajstić information content (AvgIpc) is 3.52. The maximum absolute atomic E-state index is 6.29. The van der Waals surface area contributed by atoms with Crippen LogP contribution in [0.3, 0.4) is 0 Å². The molecular weight excluding hydrogens is 815 g/mol. The van der Waals surface area contributed by atoms with E-state index < -0.39 is 0 Å². The van der Waals surface area contributed by atoms with Crippen LogP contribution in [0.25, 0.3) is 55.7 Å². The minimum atomic E-state index is 0. The van der Waals surface area contributed by atoms with Gasteiger partial charge >= 0.3 is 0 Å². The number of hydrogen-bond donors (Lipinski definition) is 0. The summed E-state index contributed by atoms with van der Waals surface area (Å²) in [6.45, 7) is 10.8. The van der Waals surface area contributed by atoms with Crippen molar-refractivity contribution in [2.24, 2.45) is 5.92 Å². The molecule has 0 fully saturated rings. The molecule has 0 unspecified atom stereocenters. The summed E-state index contributed by atoms with van der Waals surface area (Å²) in [6.07, 6.45) is 5.81. The summed E-state index contributed by atoms with van der Waals surface area (Å²) < 4.78 is 6.29. The molecule has 1 radical (unpaired) electrons. The summed E-state index contributed by atoms with van der Waals surface area (Å²) in [5, 5.41) is 0.984. The second-order valence-corrected chi connectivity index (χ2v) is 13.6. The number of aromatic nitrogens is 3. The molecule has 8 aromatic rings. The molecular formula is C47H41IrN3O-2. The molecule has 0 aliphatic rings. The van der Waals surface area contributed by atoms with Gasteiger partial charge in [-0.05, 0) is 82.9 Å². The molecule has 4 aromatic carbocycles. The Balaban J connectivity index is 0.000000208. The molecule has 0 spiro atoms. The van der Waals surface area contributed by atoms with Gasteiger partial charge in [-0.15, -0.1) is 53.6 Å². The Bertz CT molecular complexity index is 2420. The van der Waals surface area contributed by atoms with Crippen LogP contribution in [-0.4, -0.2) is 15.0 Å². The Morgan fingerprint density at radius 3 is 2.19 bits per heavy atom. The van der Waals surface area contributed by atoms with Crippen molar-refractivity contribution in [3.8, 4) is 33.6 Å². The summed E-state index contributed by atoms with van der Waals surface area (Å²) in [7, 11) is 0. The number of hydrogen-bond acceptors (Lipinski definition) is 4. The van der Waals surface area contributed by atoms with Crippen LogP contribution in [0.4, 0.5) is 0 Å². The van der Waals surface area contributed by atoms with E-state index in [1.54, 1.807) is 0 Å². The van der Waals surface area contributed by atoms with Crippen LogP contribution in [0.5, 0.6) is 0 Å². The maximum Gasteiger partial charge on any atom is 0.139 e. The molecule has 0 saturated heterocycles. The van der Waals surface area contributed by atoms with Gasteiger partial charge in [-0.1, -0.05) is 105 Å². The summed E-state index contributed by atoms with van der Waals surface area (Å²) >= 11 is 0. The van der Waals surface area contributed by atoms with E-state index in [0.717, 1.165) is 74.2 Å². The summed E-state index contributed by atoms with van der Waals surface area (Å²) in [5.74, 6) is 0.669. The molecule has 0 aliphatic carbocycles. The molecule has 4 aromatic heterocycles. The molecule has 8 rings (SSSR count). The topological polar surface area (TPSA) is 51.8 Å². The molecule has 0 bridgehead atoms. The third-order valence-corrected chi connectivity index (χ3v) is 9.10. The molecule has 4 nitrogen and oxygen atoms in total. The van der Waals surface area contributed by atoms with Crippen molar-refractivity contribution in [3.63, 3.8) is 0 Å². The zero-order valence-corrected chi connectivity index (χ0v) is 32.6. The van der Waals surface area contributed by atoms with E-state index in [1.165, 1.54) is 27.8 Å². The van der Waals surface area contributed by atoms with Crippen molar-refractivity contribution in [2.45, 2.75) is 47.5 Å². The third-order valence-electron chi connectivity index (χ3n) is 9.10. The molecule has 0 N–H and O–H groups in total. The van der Waals surface area contributed by atoms with Crippen molar-refractivity contribution in [2.75, 3.05) is 0 Å². The number of aryl methyl sites for hydroxylation is 3. The minimum Gasteiger partial charge on any atom is -0.499 e. The van der Waals surface area contributed by atoms with E-state index >= 15 is 0 Å². The fourth-order valence-corrected chi connectivity index (χ4v) is 6.38. The largest absolute Gasteiger partial charge is 0.499 e. The zero-order valence-electron chi connectivity index (χ0n) is 30.2. The maximum atomic E-state index is 6.29. The van der Waals surface area contributed by atoms with Gasteiger partial charge in [-0.2, -0.15) is 0 Å². The number of rotatable bonds is 7. The van der Waals surface area contributed by atoms with Gasteiger partial charge in [0, 0.05) is 44.6 Å². The number of nitrogens with zero attached hydrogens (tertiary/aromatic N) is 3. The van der Waals surface area contributed by atoms with Gasteiger partial charge in [-0.25, -0.2) is 0 Å². The Labute approximate surface area is 320 Å². The van der Waals surface area contributed by atoms with Crippen molar-refractivity contribution in [3.05, 3.63) is 173 Å². The van der Waals surface area contributed by atoms with Crippen LogP contribution in [0.2, 0.25) is 0 Å². The Kier molecular flexibility index (Phi) is 11.5. The van der Waals surface area contributed by atoms with Crippen LogP contribution >= 0.6 is 0 Å². The molecule has 261 valence electrons. The van der Waals surface area contributed by atoms with Crippen LogP contribution in [0.1, 0.15) is 47.4 Å². The van der Waals surface area contributed by atoms with Gasteiger partial charge in [0.15, 0.2) is 0 Å². The van der Waals surface area contributed by atoms with Gasteiger partial charge in [0.1, 0.15) is 5.58 Å². The van der Waals surface area contributed by atoms with Gasteiger partial charge in [-0.3, -0.25) is 4.98 Å². The monoisotopic (exact) mass is 856 g/mol. The molecule has 0 amide bonds. The van der Waals surface area contributed by atoms with Gasteiger partial charge in [0.05, 0.1) is 11.1 Å². The Hall–Kier alpha value is -5.22. The van der Waals surface area contributed by atoms with E-state index in [9.17, 15) is 0 Å². The van der Waals surface area contributed by atoms with Crippen molar-refractivity contribution >= 4 is 22.1 Å². The first kappa shape index (κ1) is 36.6. The number of benzene rings is 4. The zero-order chi connectivity index (χ0) is 35.3. The normalized spacial score (nSPS) is 11.0. The molecule has 0 atom stereocenters. The Morgan fingerprint density at radius 2 is 1.48 bits per heavy atom. The van der Waals surface area contributed by atoms with Gasteiger partial charge < -0.3 is 14.4 Å². The van der Waals surface area contributed by atoms with E-state index in [2.05, 4.69) is 125 Å². The number of fused-ring (bicyclic) bond motifs is 3. The van der Waals surface area contributed by atoms with Crippen molar-refractivity contribution in [1.29, 1.82) is 0 Å². The molecule has 52 heavy (non-hydrogen) atoms. The predicted molar refractivity (Wildman–Crippen MR) is 210 cm³/mol. The smallest absolute Gasteiger partial charge is 0.139 e. The van der Waals surface area contributed by atoms with Gasteiger partial charge in [0.25, 0.3) is 0 Å². The summed E-state index contributed by atoms with van der Waals surface area (Å²) in [4.78, 5) is 14.2. The fraction of sp³-hybridized carbons (Fsp3) is 0.170. The van der Waals surface area contributed by atoms with Crippen LogP contribution < -0.4 is 0 Å². The molecule has 0 aliphatic heterocycles. The molecule has 4 heterocycles. The summed E-state index contributed by atoms with van der Waals surface area (Å²) in [5.41, 5.74) is 15.8. The Morgan fingerprint density at radius 1 is 0.731 bits per heavy atom. The van der Waals surface area contributed by atoms with Crippen LogP contribution in [-0.2, 0) is 32.9 Å². The predicted octanol–water partition coefficient (Wildman–Crippen LogP) is 11.8. The van der Waals surface area contributed by atoms with Crippen molar-refractivity contribution < 1.29 is 24.5 Å². The molecule has 0 saturated carbocycles. The fourth-order valence-electron chi connectivity index (χ4n) is 6.38. The quantitative estimate of drug-likeness (QED) is 0.150. The van der Waals surface area contributed by atoms with E-state index in [4.69, 9.17) is 14.4 Å². The summed E-state index contributed by atoms with van der Waals surface area (Å²) in [6, 6.07) is 45.9. The minimum absolute atomic E-state index is 0. The standard InChI is InChI=1S/C30H21N2O.C17H20N.Ir/c1-20-19-31-27(18-26(20)22-11-6-3-7-12-22)24-13-8-14-25-29-28(33-30(24)25)16-15-23(32-29)17-21-9-4-2-5-10-21;1-12(2)9-16-11-18-17(10-14(16)4)15-7-5-13(3)6-8-15;/h2-12,14-16,18-19H,17H2,1H3;5-7,10-12H,9H2,1-4H3;/q2*-1;. The van der Waals surface area contributed by atoms with E-state index in [1.807, 2.05) is 54.9 Å². The van der Waals surface area contributed by atoms with Crippen LogP contribution in [0, 0.1) is 38.8 Å². The average molecular weight is 856 g/mol. The SMILES string of the molecule is Cc1c[c-]c(-c2cc(C)c(CC(C)C)cn2)cc1.Cc1cnc(-c2[c-]ccc3c2oc2ccc(Cc4ccccc4)nc23)cc1-c1ccccc1.[Ir]. The van der Waals surface area contributed by atoms with Crippen molar-refractivity contribution in [1.82, 2.24) is 15.0 Å². The van der Waals surface area contributed by atoms with Gasteiger partial charge in [0.2, 0.25) is 0 Å². The first-order chi connectivity index (χ1) is 24.8. The third kappa shape index (κ3) is 8.29. The first-order valence-corrected chi connectivity index (χ1v) is 17.6. The van der Waals surface area contributed by atoms with Crippen LogP contribution in [0.15, 0.2) is 132 Å². The van der Waals surface area contributed by atoms with E-state index in [0.29, 0.717) is 5.92 Å². The first-order valence-electron chi connectivity index (χ1n) is 17.6.